The predicted octanol–water partition coefficient (Wildman–Crippen LogP) is 1.60. The van der Waals surface area contributed by atoms with Gasteiger partial charge in [0.1, 0.15) is 0 Å². The van der Waals surface area contributed by atoms with Crippen LogP contribution in [0.2, 0.25) is 0 Å². The number of aromatic amines is 1. The van der Waals surface area contributed by atoms with Gasteiger partial charge in [-0.2, -0.15) is 0 Å². The van der Waals surface area contributed by atoms with Gasteiger partial charge in [0.2, 0.25) is 0 Å². The molecule has 0 spiro atoms. The molecule has 0 unspecified atom stereocenters. The van der Waals surface area contributed by atoms with Crippen LogP contribution in [0.3, 0.4) is 0 Å². The molecule has 0 atom stereocenters. The van der Waals surface area contributed by atoms with Crippen molar-refractivity contribution in [2.45, 2.75) is 13.8 Å². The average molecular weight is 165 g/mol. The molecule has 0 amide bonds. The molecule has 0 saturated carbocycles. The fourth-order valence-electron chi connectivity index (χ4n) is 0.793. The van der Waals surface area contributed by atoms with Gasteiger partial charge in [0, 0.05) is 6.20 Å². The molecule has 0 fully saturated rings. The molecule has 0 aliphatic heterocycles. The van der Waals surface area contributed by atoms with Gasteiger partial charge in [0.15, 0.2) is 5.75 Å². The summed E-state index contributed by atoms with van der Waals surface area (Å²) in [4.78, 5) is 13.6. The third-order valence-corrected chi connectivity index (χ3v) is 1.34. The van der Waals surface area contributed by atoms with Crippen LogP contribution in [0, 0.1) is 6.92 Å². The Kier molecular flexibility index (Phi) is 2.69. The van der Waals surface area contributed by atoms with Crippen molar-refractivity contribution in [3.8, 4) is 5.75 Å². The van der Waals surface area contributed by atoms with Gasteiger partial charge in [-0.15, -0.1) is 0 Å². The highest BCUT2D eigenvalue weighted by atomic mass is 16.5. The average Bonchev–Trinajstić information content (AvgIpc) is 2.07. The molecule has 3 nitrogen and oxygen atoms in total. The number of rotatable bonds is 2. The maximum Gasteiger partial charge on any atom is 0.290 e. The van der Waals surface area contributed by atoms with E-state index in [2.05, 4.69) is 4.98 Å². The van der Waals surface area contributed by atoms with Gasteiger partial charge in [-0.25, -0.2) is 0 Å². The highest BCUT2D eigenvalue weighted by Crippen LogP contribution is 2.04. The Balaban J connectivity index is 2.97. The number of pyridine rings is 1. The van der Waals surface area contributed by atoms with Crippen molar-refractivity contribution < 1.29 is 4.74 Å². The fraction of sp³-hybridized carbons (Fsp3) is 0.222. The van der Waals surface area contributed by atoms with Crippen molar-refractivity contribution >= 4 is 0 Å². The molecular weight excluding hydrogens is 154 g/mol. The van der Waals surface area contributed by atoms with Crippen LogP contribution in [-0.2, 0) is 0 Å². The van der Waals surface area contributed by atoms with Gasteiger partial charge in [-0.1, -0.05) is 6.08 Å². The molecule has 0 aromatic carbocycles. The van der Waals surface area contributed by atoms with E-state index in [0.717, 1.165) is 5.56 Å². The second-order valence-corrected chi connectivity index (χ2v) is 2.46. The van der Waals surface area contributed by atoms with Crippen molar-refractivity contribution in [3.05, 3.63) is 40.5 Å². The molecule has 0 bridgehead atoms. The molecule has 0 aliphatic carbocycles. The van der Waals surface area contributed by atoms with Gasteiger partial charge in [0.05, 0.1) is 6.26 Å². The lowest BCUT2D eigenvalue weighted by atomic mass is 10.3. The lowest BCUT2D eigenvalue weighted by molar-refractivity contribution is 0.472. The Morgan fingerprint density at radius 2 is 2.33 bits per heavy atom. The smallest absolute Gasteiger partial charge is 0.290 e. The number of ether oxygens (including phenoxy) is 1. The molecule has 1 heterocycles. The summed E-state index contributed by atoms with van der Waals surface area (Å²) < 4.78 is 5.04. The van der Waals surface area contributed by atoms with Crippen molar-refractivity contribution in [2.24, 2.45) is 0 Å². The lowest BCUT2D eigenvalue weighted by Gasteiger charge is -1.98. The van der Waals surface area contributed by atoms with E-state index >= 15 is 0 Å². The SMILES string of the molecule is C/C=C\Oc1cc(C)c[nH]c1=O. The van der Waals surface area contributed by atoms with E-state index in [1.54, 1.807) is 18.3 Å². The lowest BCUT2D eigenvalue weighted by Crippen LogP contribution is -2.07. The largest absolute Gasteiger partial charge is 0.460 e. The Morgan fingerprint density at radius 1 is 1.58 bits per heavy atom. The van der Waals surface area contributed by atoms with Crippen LogP contribution in [0.25, 0.3) is 0 Å². The Labute approximate surface area is 70.7 Å². The van der Waals surface area contributed by atoms with Crippen LogP contribution >= 0.6 is 0 Å². The second kappa shape index (κ2) is 3.76. The van der Waals surface area contributed by atoms with Crippen molar-refractivity contribution in [2.75, 3.05) is 0 Å². The van der Waals surface area contributed by atoms with Crippen molar-refractivity contribution in [3.63, 3.8) is 0 Å². The van der Waals surface area contributed by atoms with E-state index in [9.17, 15) is 4.79 Å². The summed E-state index contributed by atoms with van der Waals surface area (Å²) >= 11 is 0. The molecule has 1 rings (SSSR count). The molecule has 12 heavy (non-hydrogen) atoms. The van der Waals surface area contributed by atoms with E-state index in [1.165, 1.54) is 6.26 Å². The summed E-state index contributed by atoms with van der Waals surface area (Å²) in [5.41, 5.74) is 0.757. The van der Waals surface area contributed by atoms with Crippen LogP contribution in [0.5, 0.6) is 5.75 Å². The standard InChI is InChI=1S/C9H11NO2/c1-3-4-12-8-5-7(2)6-10-9(8)11/h3-6H,1-2H3,(H,10,11)/b4-3-. The first-order valence-corrected chi connectivity index (χ1v) is 3.71. The van der Waals surface area contributed by atoms with Crippen molar-refractivity contribution in [1.82, 2.24) is 4.98 Å². The van der Waals surface area contributed by atoms with Crippen LogP contribution < -0.4 is 10.3 Å². The predicted molar refractivity (Wildman–Crippen MR) is 47.2 cm³/mol. The summed E-state index contributed by atoms with van der Waals surface area (Å²) in [6.45, 7) is 3.71. The maximum atomic E-state index is 11.1. The van der Waals surface area contributed by atoms with Crippen LogP contribution in [0.1, 0.15) is 12.5 Å². The number of nitrogens with one attached hydrogen (secondary N) is 1. The molecular formula is C9H11NO2. The summed E-state index contributed by atoms with van der Waals surface area (Å²) in [5, 5.41) is 0. The minimum absolute atomic E-state index is 0.210. The first-order valence-electron chi connectivity index (χ1n) is 3.71. The van der Waals surface area contributed by atoms with Gasteiger partial charge in [-0.3, -0.25) is 4.79 Å². The van der Waals surface area contributed by atoms with Gasteiger partial charge < -0.3 is 9.72 Å². The van der Waals surface area contributed by atoms with Crippen LogP contribution in [0.15, 0.2) is 29.4 Å². The monoisotopic (exact) mass is 165 g/mol. The second-order valence-electron chi connectivity index (χ2n) is 2.46. The first-order chi connectivity index (χ1) is 5.74. The Bertz CT molecular complexity index is 339. The van der Waals surface area contributed by atoms with E-state index in [1.807, 2.05) is 13.8 Å². The topological polar surface area (TPSA) is 42.1 Å². The number of aryl methyl sites for hydroxylation is 1. The number of hydrogen-bond acceptors (Lipinski definition) is 2. The minimum Gasteiger partial charge on any atom is -0.460 e. The summed E-state index contributed by atoms with van der Waals surface area (Å²) in [6.07, 6.45) is 4.84. The summed E-state index contributed by atoms with van der Waals surface area (Å²) in [7, 11) is 0. The molecule has 1 aromatic heterocycles. The van der Waals surface area contributed by atoms with Crippen LogP contribution in [0.4, 0.5) is 0 Å². The quantitative estimate of drug-likeness (QED) is 0.676. The molecule has 0 saturated heterocycles. The Hall–Kier alpha value is -1.51. The van der Waals surface area contributed by atoms with Gasteiger partial charge >= 0.3 is 0 Å². The van der Waals surface area contributed by atoms with E-state index < -0.39 is 0 Å². The number of aromatic nitrogens is 1. The first kappa shape index (κ1) is 8.59. The number of hydrogen-bond donors (Lipinski definition) is 1. The number of H-pyrrole nitrogens is 1. The van der Waals surface area contributed by atoms with E-state index in [0.29, 0.717) is 5.75 Å². The molecule has 0 aliphatic rings. The van der Waals surface area contributed by atoms with E-state index in [-0.39, 0.29) is 5.56 Å². The molecule has 3 heteroatoms. The zero-order valence-corrected chi connectivity index (χ0v) is 7.13. The third-order valence-electron chi connectivity index (χ3n) is 1.34. The molecule has 1 aromatic rings. The minimum atomic E-state index is -0.210. The maximum absolute atomic E-state index is 11.1. The molecule has 1 N–H and O–H groups in total. The highest BCUT2D eigenvalue weighted by Gasteiger charge is 1.97. The van der Waals surface area contributed by atoms with E-state index in [4.69, 9.17) is 4.74 Å². The number of allylic oxidation sites excluding steroid dienone is 1. The van der Waals surface area contributed by atoms with Gasteiger partial charge in [-0.05, 0) is 25.5 Å². The van der Waals surface area contributed by atoms with Crippen LogP contribution in [-0.4, -0.2) is 4.98 Å². The summed E-state index contributed by atoms with van der Waals surface area (Å²) in [6, 6.07) is 1.69. The Morgan fingerprint density at radius 3 is 3.00 bits per heavy atom. The summed E-state index contributed by atoms with van der Waals surface area (Å²) in [5.74, 6) is 0.327. The molecule has 64 valence electrons. The highest BCUT2D eigenvalue weighted by molar-refractivity contribution is 5.23. The zero-order chi connectivity index (χ0) is 8.97. The zero-order valence-electron chi connectivity index (χ0n) is 7.13. The van der Waals surface area contributed by atoms with Crippen molar-refractivity contribution in [1.29, 1.82) is 0 Å². The third kappa shape index (κ3) is 1.99. The fourth-order valence-corrected chi connectivity index (χ4v) is 0.793. The van der Waals surface area contributed by atoms with Gasteiger partial charge in [0.25, 0.3) is 5.56 Å². The normalized spacial score (nSPS) is 10.5. The molecule has 0 radical (unpaired) electrons.